The largest absolute Gasteiger partial charge is 0.468 e. The Hall–Kier alpha value is -0.610. The van der Waals surface area contributed by atoms with Crippen LogP contribution in [0.4, 0.5) is 0 Å². The first-order chi connectivity index (χ1) is 10.2. The van der Waals surface area contributed by atoms with Crippen molar-refractivity contribution in [1.29, 1.82) is 0 Å². The molecule has 1 heterocycles. The molecule has 1 saturated carbocycles. The van der Waals surface area contributed by atoms with Crippen molar-refractivity contribution in [3.8, 4) is 0 Å². The molecule has 0 aromatic rings. The number of likely N-dealkylation sites (N-methyl/N-ethyl adjacent to an activating group) is 1. The zero-order chi connectivity index (χ0) is 15.1. The van der Waals surface area contributed by atoms with Gasteiger partial charge in [-0.15, -0.1) is 0 Å². The van der Waals surface area contributed by atoms with E-state index < -0.39 is 5.54 Å². The number of ether oxygens (including phenoxy) is 1. The molecule has 2 atom stereocenters. The summed E-state index contributed by atoms with van der Waals surface area (Å²) >= 11 is 0. The normalized spacial score (nSPS) is 31.6. The van der Waals surface area contributed by atoms with E-state index in [9.17, 15) is 4.79 Å². The Labute approximate surface area is 129 Å². The Morgan fingerprint density at radius 2 is 1.86 bits per heavy atom. The van der Waals surface area contributed by atoms with Gasteiger partial charge >= 0.3 is 5.97 Å². The van der Waals surface area contributed by atoms with Crippen molar-refractivity contribution in [2.75, 3.05) is 33.8 Å². The van der Waals surface area contributed by atoms with Crippen LogP contribution in [0, 0.1) is 5.92 Å². The molecule has 2 aliphatic rings. The number of methoxy groups -OCH3 is 1. The lowest BCUT2D eigenvalue weighted by Gasteiger charge is -2.34. The molecule has 0 aromatic carbocycles. The van der Waals surface area contributed by atoms with Gasteiger partial charge in [-0.1, -0.05) is 25.7 Å². The second kappa shape index (κ2) is 8.14. The standard InChI is InChI=1S/C17H32N2O2/c1-18-17(16(20)21-2)11-8-9-15(17)10-14-19-12-6-4-3-5-7-13-19/h15,18H,3-14H2,1-2H3. The van der Waals surface area contributed by atoms with E-state index in [1.54, 1.807) is 0 Å². The fourth-order valence-corrected chi connectivity index (χ4v) is 4.23. The smallest absolute Gasteiger partial charge is 0.326 e. The van der Waals surface area contributed by atoms with Crippen LogP contribution in [0.15, 0.2) is 0 Å². The van der Waals surface area contributed by atoms with E-state index in [0.29, 0.717) is 5.92 Å². The summed E-state index contributed by atoms with van der Waals surface area (Å²) in [5, 5.41) is 3.30. The first-order valence-electron chi connectivity index (χ1n) is 8.72. The fraction of sp³-hybridized carbons (Fsp3) is 0.941. The van der Waals surface area contributed by atoms with Gasteiger partial charge in [0.2, 0.25) is 0 Å². The van der Waals surface area contributed by atoms with Crippen LogP contribution in [0.1, 0.15) is 57.8 Å². The first-order valence-corrected chi connectivity index (χ1v) is 8.72. The van der Waals surface area contributed by atoms with Gasteiger partial charge in [0, 0.05) is 0 Å². The number of esters is 1. The van der Waals surface area contributed by atoms with E-state index in [-0.39, 0.29) is 5.97 Å². The summed E-state index contributed by atoms with van der Waals surface area (Å²) in [6.07, 6.45) is 11.1. The maximum absolute atomic E-state index is 12.2. The Balaban J connectivity index is 1.89. The highest BCUT2D eigenvalue weighted by Gasteiger charge is 2.48. The third-order valence-electron chi connectivity index (χ3n) is 5.56. The van der Waals surface area contributed by atoms with Gasteiger partial charge in [-0.2, -0.15) is 0 Å². The molecule has 2 fully saturated rings. The minimum atomic E-state index is -0.433. The summed E-state index contributed by atoms with van der Waals surface area (Å²) in [6.45, 7) is 3.60. The van der Waals surface area contributed by atoms with Crippen LogP contribution in [0.3, 0.4) is 0 Å². The van der Waals surface area contributed by atoms with Crippen molar-refractivity contribution >= 4 is 5.97 Å². The van der Waals surface area contributed by atoms with Gasteiger partial charge in [0.1, 0.15) is 5.54 Å². The number of likely N-dealkylation sites (tertiary alicyclic amines) is 1. The van der Waals surface area contributed by atoms with Crippen LogP contribution >= 0.6 is 0 Å². The molecule has 21 heavy (non-hydrogen) atoms. The monoisotopic (exact) mass is 296 g/mol. The minimum absolute atomic E-state index is 0.0693. The number of nitrogens with one attached hydrogen (secondary N) is 1. The Morgan fingerprint density at radius 1 is 1.19 bits per heavy atom. The fourth-order valence-electron chi connectivity index (χ4n) is 4.23. The van der Waals surface area contributed by atoms with Crippen LogP contribution in [0.5, 0.6) is 0 Å². The molecule has 4 nitrogen and oxygen atoms in total. The summed E-state index contributed by atoms with van der Waals surface area (Å²) in [6, 6.07) is 0. The summed E-state index contributed by atoms with van der Waals surface area (Å²) in [5.41, 5.74) is -0.433. The molecule has 1 saturated heterocycles. The third kappa shape index (κ3) is 3.98. The van der Waals surface area contributed by atoms with Gasteiger partial charge < -0.3 is 15.0 Å². The van der Waals surface area contributed by atoms with Crippen molar-refractivity contribution in [2.24, 2.45) is 5.92 Å². The number of hydrogen-bond acceptors (Lipinski definition) is 4. The highest BCUT2D eigenvalue weighted by Crippen LogP contribution is 2.38. The number of carbonyl (C=O) groups is 1. The molecule has 1 N–H and O–H groups in total. The van der Waals surface area contributed by atoms with Gasteiger partial charge in [0.05, 0.1) is 7.11 Å². The molecule has 2 rings (SSSR count). The quantitative estimate of drug-likeness (QED) is 0.792. The van der Waals surface area contributed by atoms with Crippen LogP contribution in [-0.2, 0) is 9.53 Å². The maximum Gasteiger partial charge on any atom is 0.326 e. The van der Waals surface area contributed by atoms with Crippen LogP contribution < -0.4 is 5.32 Å². The Kier molecular flexibility index (Phi) is 6.49. The topological polar surface area (TPSA) is 41.6 Å². The Morgan fingerprint density at radius 3 is 2.48 bits per heavy atom. The SMILES string of the molecule is CNC1(C(=O)OC)CCCC1CCN1CCCCCCC1. The van der Waals surface area contributed by atoms with Gasteiger partial charge in [0.15, 0.2) is 0 Å². The number of carbonyl (C=O) groups excluding carboxylic acids is 1. The average molecular weight is 296 g/mol. The van der Waals surface area contributed by atoms with Crippen molar-refractivity contribution in [3.05, 3.63) is 0 Å². The molecule has 0 bridgehead atoms. The highest BCUT2D eigenvalue weighted by atomic mass is 16.5. The second-order valence-electron chi connectivity index (χ2n) is 6.70. The van der Waals surface area contributed by atoms with Gasteiger partial charge in [-0.05, 0) is 64.7 Å². The van der Waals surface area contributed by atoms with Gasteiger partial charge in [-0.3, -0.25) is 4.79 Å². The molecule has 0 radical (unpaired) electrons. The van der Waals surface area contributed by atoms with E-state index in [1.807, 2.05) is 7.05 Å². The number of hydrogen-bond donors (Lipinski definition) is 1. The molecule has 1 aliphatic heterocycles. The molecule has 0 spiro atoms. The van der Waals surface area contributed by atoms with Crippen LogP contribution in [0.2, 0.25) is 0 Å². The van der Waals surface area contributed by atoms with Gasteiger partial charge in [0.25, 0.3) is 0 Å². The molecule has 122 valence electrons. The molecule has 1 aliphatic carbocycles. The van der Waals surface area contributed by atoms with Crippen LogP contribution in [-0.4, -0.2) is 50.2 Å². The predicted molar refractivity (Wildman–Crippen MR) is 85.3 cm³/mol. The molecule has 0 amide bonds. The van der Waals surface area contributed by atoms with E-state index in [2.05, 4.69) is 10.2 Å². The van der Waals surface area contributed by atoms with E-state index >= 15 is 0 Å². The number of rotatable bonds is 5. The summed E-state index contributed by atoms with van der Waals surface area (Å²) in [5.74, 6) is 0.348. The summed E-state index contributed by atoms with van der Waals surface area (Å²) in [7, 11) is 3.42. The molecular weight excluding hydrogens is 264 g/mol. The lowest BCUT2D eigenvalue weighted by atomic mass is 9.84. The molecule has 4 heteroatoms. The third-order valence-corrected chi connectivity index (χ3v) is 5.56. The Bertz CT molecular complexity index is 327. The van der Waals surface area contributed by atoms with E-state index in [4.69, 9.17) is 4.74 Å². The minimum Gasteiger partial charge on any atom is -0.468 e. The highest BCUT2D eigenvalue weighted by molar-refractivity contribution is 5.81. The van der Waals surface area contributed by atoms with E-state index in [1.165, 1.54) is 52.3 Å². The molecule has 2 unspecified atom stereocenters. The molecule has 0 aromatic heterocycles. The van der Waals surface area contributed by atoms with Crippen LogP contribution in [0.25, 0.3) is 0 Å². The second-order valence-corrected chi connectivity index (χ2v) is 6.70. The van der Waals surface area contributed by atoms with Crippen molar-refractivity contribution < 1.29 is 9.53 Å². The summed E-state index contributed by atoms with van der Waals surface area (Å²) < 4.78 is 5.07. The zero-order valence-electron chi connectivity index (χ0n) is 13.8. The van der Waals surface area contributed by atoms with Crippen molar-refractivity contribution in [2.45, 2.75) is 63.3 Å². The lowest BCUT2D eigenvalue weighted by Crippen LogP contribution is -2.54. The van der Waals surface area contributed by atoms with Crippen molar-refractivity contribution in [1.82, 2.24) is 10.2 Å². The lowest BCUT2D eigenvalue weighted by molar-refractivity contribution is -0.150. The van der Waals surface area contributed by atoms with Crippen molar-refractivity contribution in [3.63, 3.8) is 0 Å². The molecular formula is C17H32N2O2. The first kappa shape index (κ1) is 16.8. The predicted octanol–water partition coefficient (Wildman–Crippen LogP) is 2.57. The van der Waals surface area contributed by atoms with Gasteiger partial charge in [-0.25, -0.2) is 0 Å². The average Bonchev–Trinajstić information content (AvgIpc) is 2.89. The zero-order valence-corrected chi connectivity index (χ0v) is 13.8. The number of nitrogens with zero attached hydrogens (tertiary/aromatic N) is 1. The van der Waals surface area contributed by atoms with E-state index in [0.717, 1.165) is 32.2 Å². The maximum atomic E-state index is 12.2. The summed E-state index contributed by atoms with van der Waals surface area (Å²) in [4.78, 5) is 14.8.